The maximum Gasteiger partial charge on any atom is 0.240 e. The molecule has 2 rings (SSSR count). The predicted molar refractivity (Wildman–Crippen MR) is 76.7 cm³/mol. The Morgan fingerprint density at radius 3 is 2.63 bits per heavy atom. The lowest BCUT2D eigenvalue weighted by Crippen LogP contribution is -2.48. The number of rotatable bonds is 3. The van der Waals surface area contributed by atoms with Crippen LogP contribution in [0.25, 0.3) is 0 Å². The van der Waals surface area contributed by atoms with Gasteiger partial charge in [-0.1, -0.05) is 13.0 Å². The highest BCUT2D eigenvalue weighted by molar-refractivity contribution is 7.89. The summed E-state index contributed by atoms with van der Waals surface area (Å²) in [4.78, 5) is 0.362. The molecule has 106 valence electrons. The third-order valence-electron chi connectivity index (χ3n) is 3.88. The molecule has 1 fully saturated rings. The van der Waals surface area contributed by atoms with Gasteiger partial charge in [-0.15, -0.1) is 0 Å². The Morgan fingerprint density at radius 2 is 2.00 bits per heavy atom. The van der Waals surface area contributed by atoms with E-state index in [4.69, 9.17) is 0 Å². The van der Waals surface area contributed by atoms with Crippen LogP contribution >= 0.6 is 0 Å². The maximum absolute atomic E-state index is 12.4. The van der Waals surface area contributed by atoms with Gasteiger partial charge in [-0.2, -0.15) is 0 Å². The van der Waals surface area contributed by atoms with Crippen LogP contribution in [-0.2, 0) is 10.0 Å². The van der Waals surface area contributed by atoms with Gasteiger partial charge in [-0.3, -0.25) is 0 Å². The van der Waals surface area contributed by atoms with Crippen molar-refractivity contribution in [2.45, 2.75) is 38.1 Å². The molecule has 0 radical (unpaired) electrons. The van der Waals surface area contributed by atoms with E-state index in [9.17, 15) is 8.42 Å². The fourth-order valence-corrected chi connectivity index (χ4v) is 3.80. The molecule has 0 saturated carbocycles. The Morgan fingerprint density at radius 1 is 1.26 bits per heavy atom. The second-order valence-corrected chi connectivity index (χ2v) is 7.16. The zero-order valence-electron chi connectivity index (χ0n) is 11.7. The standard InChI is InChI=1S/C14H22N2O2S/c1-10-4-5-13(8-11(10)2)19(17,18)16-14-6-7-15-9-12(14)3/h4-5,8,12,14-16H,6-7,9H2,1-3H3/t12-,14-/m0/s1. The third kappa shape index (κ3) is 3.35. The van der Waals surface area contributed by atoms with Crippen LogP contribution in [0.5, 0.6) is 0 Å². The fourth-order valence-electron chi connectivity index (χ4n) is 2.34. The second kappa shape index (κ2) is 5.61. The molecule has 0 bridgehead atoms. The highest BCUT2D eigenvalue weighted by Gasteiger charge is 2.26. The van der Waals surface area contributed by atoms with Gasteiger partial charge in [0.05, 0.1) is 4.90 Å². The van der Waals surface area contributed by atoms with Gasteiger partial charge in [-0.25, -0.2) is 13.1 Å². The van der Waals surface area contributed by atoms with E-state index >= 15 is 0 Å². The summed E-state index contributed by atoms with van der Waals surface area (Å²) in [5.41, 5.74) is 2.11. The van der Waals surface area contributed by atoms with Crippen LogP contribution in [0.3, 0.4) is 0 Å². The second-order valence-electron chi connectivity index (χ2n) is 5.44. The first-order valence-corrected chi connectivity index (χ1v) is 8.19. The van der Waals surface area contributed by atoms with Crippen LogP contribution in [0.4, 0.5) is 0 Å². The lowest BCUT2D eigenvalue weighted by Gasteiger charge is -2.30. The van der Waals surface area contributed by atoms with Crippen molar-refractivity contribution in [1.29, 1.82) is 0 Å². The molecule has 0 unspecified atom stereocenters. The number of sulfonamides is 1. The first kappa shape index (κ1) is 14.5. The molecule has 5 heteroatoms. The van der Waals surface area contributed by atoms with Crippen molar-refractivity contribution in [3.05, 3.63) is 29.3 Å². The first-order valence-electron chi connectivity index (χ1n) is 6.70. The largest absolute Gasteiger partial charge is 0.316 e. The normalized spacial score (nSPS) is 24.4. The zero-order valence-corrected chi connectivity index (χ0v) is 12.5. The molecule has 0 aliphatic carbocycles. The summed E-state index contributed by atoms with van der Waals surface area (Å²) < 4.78 is 27.6. The summed E-state index contributed by atoms with van der Waals surface area (Å²) in [6, 6.07) is 5.29. The molecule has 1 aromatic carbocycles. The molecule has 0 spiro atoms. The van der Waals surface area contributed by atoms with E-state index in [1.165, 1.54) is 0 Å². The smallest absolute Gasteiger partial charge is 0.240 e. The van der Waals surface area contributed by atoms with Gasteiger partial charge in [-0.05, 0) is 62.5 Å². The quantitative estimate of drug-likeness (QED) is 0.885. The molecule has 1 aliphatic rings. The number of nitrogens with one attached hydrogen (secondary N) is 2. The summed E-state index contributed by atoms with van der Waals surface area (Å²) in [6.45, 7) is 7.71. The summed E-state index contributed by atoms with van der Waals surface area (Å²) >= 11 is 0. The highest BCUT2D eigenvalue weighted by atomic mass is 32.2. The van der Waals surface area contributed by atoms with E-state index < -0.39 is 10.0 Å². The predicted octanol–water partition coefficient (Wildman–Crippen LogP) is 1.58. The third-order valence-corrected chi connectivity index (χ3v) is 5.37. The van der Waals surface area contributed by atoms with Gasteiger partial charge in [0.1, 0.15) is 0 Å². The number of hydrogen-bond donors (Lipinski definition) is 2. The average Bonchev–Trinajstić information content (AvgIpc) is 2.35. The van der Waals surface area contributed by atoms with E-state index in [-0.39, 0.29) is 6.04 Å². The summed E-state index contributed by atoms with van der Waals surface area (Å²) in [5, 5.41) is 3.27. The molecule has 1 aromatic rings. The molecule has 19 heavy (non-hydrogen) atoms. The van der Waals surface area contributed by atoms with Crippen molar-refractivity contribution in [2.75, 3.05) is 13.1 Å². The molecule has 1 saturated heterocycles. The van der Waals surface area contributed by atoms with Crippen LogP contribution in [0.15, 0.2) is 23.1 Å². The van der Waals surface area contributed by atoms with Gasteiger partial charge in [0.15, 0.2) is 0 Å². The van der Waals surface area contributed by atoms with Crippen LogP contribution in [-0.4, -0.2) is 27.5 Å². The highest BCUT2D eigenvalue weighted by Crippen LogP contribution is 2.18. The van der Waals surface area contributed by atoms with E-state index in [0.29, 0.717) is 10.8 Å². The monoisotopic (exact) mass is 282 g/mol. The van der Waals surface area contributed by atoms with Gasteiger partial charge in [0, 0.05) is 6.04 Å². The van der Waals surface area contributed by atoms with Crippen molar-refractivity contribution in [2.24, 2.45) is 5.92 Å². The van der Waals surface area contributed by atoms with Gasteiger partial charge in [0.2, 0.25) is 10.0 Å². The number of benzene rings is 1. The van der Waals surface area contributed by atoms with Crippen molar-refractivity contribution in [3.8, 4) is 0 Å². The van der Waals surface area contributed by atoms with Crippen LogP contribution in [0.2, 0.25) is 0 Å². The minimum atomic E-state index is -3.41. The summed E-state index contributed by atoms with van der Waals surface area (Å²) in [5.74, 6) is 0.315. The molecule has 0 amide bonds. The van der Waals surface area contributed by atoms with E-state index in [1.54, 1.807) is 12.1 Å². The van der Waals surface area contributed by atoms with E-state index in [0.717, 1.165) is 30.6 Å². The van der Waals surface area contributed by atoms with Crippen molar-refractivity contribution in [3.63, 3.8) is 0 Å². The Kier molecular flexibility index (Phi) is 4.28. The molecular formula is C14H22N2O2S. The van der Waals surface area contributed by atoms with Crippen LogP contribution in [0.1, 0.15) is 24.5 Å². The van der Waals surface area contributed by atoms with Crippen molar-refractivity contribution >= 4 is 10.0 Å². The van der Waals surface area contributed by atoms with Crippen molar-refractivity contribution in [1.82, 2.24) is 10.0 Å². The minimum absolute atomic E-state index is 0.0212. The zero-order chi connectivity index (χ0) is 14.0. The lowest BCUT2D eigenvalue weighted by molar-refractivity contribution is 0.328. The molecule has 2 atom stereocenters. The molecular weight excluding hydrogens is 260 g/mol. The van der Waals surface area contributed by atoms with Gasteiger partial charge in [0.25, 0.3) is 0 Å². The van der Waals surface area contributed by atoms with Crippen LogP contribution in [0, 0.1) is 19.8 Å². The SMILES string of the molecule is Cc1ccc(S(=O)(=O)N[C@H]2CCNC[C@@H]2C)cc1C. The Labute approximate surface area is 115 Å². The van der Waals surface area contributed by atoms with Crippen LogP contribution < -0.4 is 10.0 Å². The molecule has 2 N–H and O–H groups in total. The van der Waals surface area contributed by atoms with E-state index in [2.05, 4.69) is 17.0 Å². The summed E-state index contributed by atoms with van der Waals surface area (Å²) in [6.07, 6.45) is 0.839. The number of hydrogen-bond acceptors (Lipinski definition) is 3. The Bertz CT molecular complexity index is 555. The fraction of sp³-hybridized carbons (Fsp3) is 0.571. The average molecular weight is 282 g/mol. The van der Waals surface area contributed by atoms with Crippen molar-refractivity contribution < 1.29 is 8.42 Å². The van der Waals surface area contributed by atoms with Gasteiger partial charge < -0.3 is 5.32 Å². The van der Waals surface area contributed by atoms with Gasteiger partial charge >= 0.3 is 0 Å². The molecule has 1 heterocycles. The maximum atomic E-state index is 12.4. The number of piperidine rings is 1. The molecule has 4 nitrogen and oxygen atoms in total. The Hall–Kier alpha value is -0.910. The topological polar surface area (TPSA) is 58.2 Å². The number of aryl methyl sites for hydroxylation is 2. The van der Waals surface area contributed by atoms with E-state index in [1.807, 2.05) is 19.9 Å². The molecule has 1 aliphatic heterocycles. The lowest BCUT2D eigenvalue weighted by atomic mass is 9.97. The molecule has 0 aromatic heterocycles. The summed E-state index contributed by atoms with van der Waals surface area (Å²) in [7, 11) is -3.41. The minimum Gasteiger partial charge on any atom is -0.316 e. The first-order chi connectivity index (χ1) is 8.90. The Balaban J connectivity index is 2.19.